The van der Waals surface area contributed by atoms with E-state index in [9.17, 15) is 14.4 Å². The summed E-state index contributed by atoms with van der Waals surface area (Å²) in [6.45, 7) is 4.18. The molecule has 1 aliphatic carbocycles. The molecule has 1 saturated carbocycles. The van der Waals surface area contributed by atoms with Crippen LogP contribution in [0.15, 0.2) is 40.3 Å². The number of nitrogens with one attached hydrogen (secondary N) is 1. The summed E-state index contributed by atoms with van der Waals surface area (Å²) >= 11 is 1.49. The number of carbonyl (C=O) groups excluding carboxylic acids is 2. The fourth-order valence-corrected chi connectivity index (χ4v) is 4.69. The quantitative estimate of drug-likeness (QED) is 0.528. The summed E-state index contributed by atoms with van der Waals surface area (Å²) in [7, 11) is 0. The minimum atomic E-state index is -0.171. The van der Waals surface area contributed by atoms with Crippen LogP contribution < -0.4 is 5.56 Å². The summed E-state index contributed by atoms with van der Waals surface area (Å²) in [5.74, 6) is 1.22. The molecule has 2 aliphatic rings. The van der Waals surface area contributed by atoms with Gasteiger partial charge in [-0.05, 0) is 31.7 Å². The van der Waals surface area contributed by atoms with Crippen molar-refractivity contribution in [1.82, 2.24) is 19.8 Å². The normalized spacial score (nSPS) is 16.4. The highest BCUT2D eigenvalue weighted by Crippen LogP contribution is 2.31. The molecule has 7 nitrogen and oxygen atoms in total. The van der Waals surface area contributed by atoms with E-state index in [1.54, 1.807) is 4.90 Å². The summed E-state index contributed by atoms with van der Waals surface area (Å²) in [5.41, 5.74) is 2.24. The number of benzene rings is 1. The molecule has 0 atom stereocenters. The van der Waals surface area contributed by atoms with E-state index in [0.717, 1.165) is 18.6 Å². The molecule has 4 rings (SSSR count). The largest absolute Gasteiger partial charge is 0.339 e. The number of piperazine rings is 1. The fraction of sp³-hybridized carbons (Fsp3) is 0.478. The molecule has 1 saturated heterocycles. The molecule has 2 heterocycles. The van der Waals surface area contributed by atoms with E-state index in [-0.39, 0.29) is 29.7 Å². The SMILES string of the molecule is Cc1nc(SCc2ccccc2)[nH]c(=O)c1CCC(=O)N1CCN(C(=O)C2CC2)CC1. The van der Waals surface area contributed by atoms with Crippen LogP contribution in [0.25, 0.3) is 0 Å². The van der Waals surface area contributed by atoms with E-state index in [1.165, 1.54) is 17.3 Å². The average molecular weight is 441 g/mol. The third kappa shape index (κ3) is 5.55. The van der Waals surface area contributed by atoms with Crippen LogP contribution in [-0.4, -0.2) is 57.8 Å². The molecule has 1 aromatic heterocycles. The van der Waals surface area contributed by atoms with Crippen molar-refractivity contribution < 1.29 is 9.59 Å². The Morgan fingerprint density at radius 2 is 1.77 bits per heavy atom. The number of nitrogens with zero attached hydrogens (tertiary/aromatic N) is 3. The second-order valence-electron chi connectivity index (χ2n) is 8.19. The highest BCUT2D eigenvalue weighted by atomic mass is 32.2. The van der Waals surface area contributed by atoms with Crippen molar-refractivity contribution in [2.75, 3.05) is 26.2 Å². The van der Waals surface area contributed by atoms with Gasteiger partial charge >= 0.3 is 0 Å². The van der Waals surface area contributed by atoms with Gasteiger partial charge in [-0.25, -0.2) is 4.98 Å². The fourth-order valence-electron chi connectivity index (χ4n) is 3.83. The molecular weight excluding hydrogens is 412 g/mol. The third-order valence-corrected chi connectivity index (χ3v) is 6.82. The van der Waals surface area contributed by atoms with Crippen LogP contribution in [0.4, 0.5) is 0 Å². The first-order valence-corrected chi connectivity index (χ1v) is 11.8. The number of amides is 2. The second kappa shape index (κ2) is 9.68. The zero-order valence-corrected chi connectivity index (χ0v) is 18.6. The van der Waals surface area contributed by atoms with Crippen LogP contribution in [0, 0.1) is 12.8 Å². The maximum atomic E-state index is 12.6. The average Bonchev–Trinajstić information content (AvgIpc) is 3.63. The van der Waals surface area contributed by atoms with Gasteiger partial charge in [0.25, 0.3) is 5.56 Å². The van der Waals surface area contributed by atoms with Gasteiger partial charge < -0.3 is 14.8 Å². The predicted molar refractivity (Wildman–Crippen MR) is 120 cm³/mol. The molecule has 2 fully saturated rings. The van der Waals surface area contributed by atoms with Gasteiger partial charge in [0, 0.05) is 55.5 Å². The van der Waals surface area contributed by atoms with Crippen molar-refractivity contribution >= 4 is 23.6 Å². The first-order valence-electron chi connectivity index (χ1n) is 10.8. The first-order chi connectivity index (χ1) is 15.0. The van der Waals surface area contributed by atoms with E-state index in [1.807, 2.05) is 42.2 Å². The molecule has 2 amide bonds. The number of rotatable bonds is 7. The minimum absolute atomic E-state index is 0.0276. The molecular formula is C23H28N4O3S. The highest BCUT2D eigenvalue weighted by Gasteiger charge is 2.35. The number of H-pyrrole nitrogens is 1. The first kappa shape index (κ1) is 21.6. The Morgan fingerprint density at radius 1 is 1.10 bits per heavy atom. The smallest absolute Gasteiger partial charge is 0.254 e. The Hall–Kier alpha value is -2.61. The lowest BCUT2D eigenvalue weighted by Gasteiger charge is -2.35. The maximum Gasteiger partial charge on any atom is 0.254 e. The minimum Gasteiger partial charge on any atom is -0.339 e. The third-order valence-electron chi connectivity index (χ3n) is 5.88. The van der Waals surface area contributed by atoms with E-state index in [0.29, 0.717) is 49.0 Å². The van der Waals surface area contributed by atoms with Crippen LogP contribution in [0.3, 0.4) is 0 Å². The van der Waals surface area contributed by atoms with Crippen LogP contribution in [0.1, 0.15) is 36.1 Å². The van der Waals surface area contributed by atoms with Crippen molar-refractivity contribution in [3.8, 4) is 0 Å². The van der Waals surface area contributed by atoms with Crippen LogP contribution >= 0.6 is 11.8 Å². The van der Waals surface area contributed by atoms with Gasteiger partial charge in [-0.2, -0.15) is 0 Å². The molecule has 0 bridgehead atoms. The highest BCUT2D eigenvalue weighted by molar-refractivity contribution is 7.98. The van der Waals surface area contributed by atoms with E-state index < -0.39 is 0 Å². The topological polar surface area (TPSA) is 86.4 Å². The van der Waals surface area contributed by atoms with Crippen LogP contribution in [-0.2, 0) is 21.8 Å². The lowest BCUT2D eigenvalue weighted by Crippen LogP contribution is -2.51. The summed E-state index contributed by atoms with van der Waals surface area (Å²) < 4.78 is 0. The number of hydrogen-bond donors (Lipinski definition) is 1. The van der Waals surface area contributed by atoms with Gasteiger partial charge in [0.15, 0.2) is 5.16 Å². The van der Waals surface area contributed by atoms with Gasteiger partial charge in [-0.3, -0.25) is 14.4 Å². The van der Waals surface area contributed by atoms with Gasteiger partial charge in [0.2, 0.25) is 11.8 Å². The molecule has 0 radical (unpaired) electrons. The van der Waals surface area contributed by atoms with Crippen LogP contribution in [0.2, 0.25) is 0 Å². The Labute approximate surface area is 186 Å². The van der Waals surface area contributed by atoms with Crippen molar-refractivity contribution in [2.45, 2.75) is 43.5 Å². The number of thioether (sulfide) groups is 1. The number of hydrogen-bond acceptors (Lipinski definition) is 5. The molecule has 1 N–H and O–H groups in total. The Bertz CT molecular complexity index is 996. The number of aromatic amines is 1. The monoisotopic (exact) mass is 440 g/mol. The summed E-state index contributed by atoms with van der Waals surface area (Å²) in [5, 5.41) is 0.595. The van der Waals surface area contributed by atoms with Crippen molar-refractivity contribution in [2.24, 2.45) is 5.92 Å². The predicted octanol–water partition coefficient (Wildman–Crippen LogP) is 2.38. The molecule has 31 heavy (non-hydrogen) atoms. The lowest BCUT2D eigenvalue weighted by molar-refractivity contribution is -0.140. The number of aryl methyl sites for hydroxylation is 1. The zero-order chi connectivity index (χ0) is 21.8. The molecule has 8 heteroatoms. The van der Waals surface area contributed by atoms with Crippen molar-refractivity contribution in [3.63, 3.8) is 0 Å². The van der Waals surface area contributed by atoms with E-state index >= 15 is 0 Å². The lowest BCUT2D eigenvalue weighted by atomic mass is 10.1. The molecule has 1 aromatic carbocycles. The van der Waals surface area contributed by atoms with E-state index in [4.69, 9.17) is 0 Å². The maximum absolute atomic E-state index is 12.6. The zero-order valence-electron chi connectivity index (χ0n) is 17.8. The summed E-state index contributed by atoms with van der Waals surface area (Å²) in [6, 6.07) is 10.0. The molecule has 0 unspecified atom stereocenters. The van der Waals surface area contributed by atoms with Crippen molar-refractivity contribution in [1.29, 1.82) is 0 Å². The van der Waals surface area contributed by atoms with Crippen LogP contribution in [0.5, 0.6) is 0 Å². The number of aromatic nitrogens is 2. The standard InChI is InChI=1S/C23H28N4O3S/c1-16-19(21(29)25-23(24-16)31-15-17-5-3-2-4-6-17)9-10-20(28)26-11-13-27(14-12-26)22(30)18-7-8-18/h2-6,18H,7-15H2,1H3,(H,24,25,29). The second-order valence-corrected chi connectivity index (χ2v) is 9.15. The Kier molecular flexibility index (Phi) is 6.75. The number of carbonyl (C=O) groups is 2. The summed E-state index contributed by atoms with van der Waals surface area (Å²) in [4.78, 5) is 48.4. The van der Waals surface area contributed by atoms with Gasteiger partial charge in [-0.15, -0.1) is 0 Å². The molecule has 2 aromatic rings. The molecule has 164 valence electrons. The Balaban J connectivity index is 1.28. The van der Waals surface area contributed by atoms with E-state index in [2.05, 4.69) is 9.97 Å². The molecule has 1 aliphatic heterocycles. The summed E-state index contributed by atoms with van der Waals surface area (Å²) in [6.07, 6.45) is 2.66. The Morgan fingerprint density at radius 3 is 2.42 bits per heavy atom. The van der Waals surface area contributed by atoms with Crippen molar-refractivity contribution in [3.05, 3.63) is 57.5 Å². The van der Waals surface area contributed by atoms with Gasteiger partial charge in [-0.1, -0.05) is 42.1 Å². The molecule has 0 spiro atoms. The van der Waals surface area contributed by atoms with Gasteiger partial charge in [0.1, 0.15) is 0 Å². The van der Waals surface area contributed by atoms with Gasteiger partial charge in [0.05, 0.1) is 0 Å².